The van der Waals surface area contributed by atoms with Crippen LogP contribution < -0.4 is 5.73 Å². The predicted octanol–water partition coefficient (Wildman–Crippen LogP) is 1.94. The van der Waals surface area contributed by atoms with Gasteiger partial charge in [-0.05, 0) is 31.9 Å². The number of likely N-dealkylation sites (N-methyl/N-ethyl adjacent to an activating group) is 1. The van der Waals surface area contributed by atoms with Crippen LogP contribution in [0.3, 0.4) is 0 Å². The summed E-state index contributed by atoms with van der Waals surface area (Å²) in [6.45, 7) is 3.23. The molecular formula is C13H21ClN2O2S. The van der Waals surface area contributed by atoms with Gasteiger partial charge in [0.1, 0.15) is 6.10 Å². The number of ether oxygens (including phenoxy) is 1. The highest BCUT2D eigenvalue weighted by molar-refractivity contribution is 7.11. The summed E-state index contributed by atoms with van der Waals surface area (Å²) in [7, 11) is 1.83. The highest BCUT2D eigenvalue weighted by Crippen LogP contribution is 2.22. The first kappa shape index (κ1) is 16.4. The third-order valence-corrected chi connectivity index (χ3v) is 4.20. The van der Waals surface area contributed by atoms with Gasteiger partial charge in [0.15, 0.2) is 0 Å². The molecule has 1 fully saturated rings. The topological polar surface area (TPSA) is 55.6 Å². The predicted molar refractivity (Wildman–Crippen MR) is 79.7 cm³/mol. The second-order valence-electron chi connectivity index (χ2n) is 4.77. The maximum Gasteiger partial charge on any atom is 0.251 e. The van der Waals surface area contributed by atoms with Crippen molar-refractivity contribution in [2.45, 2.75) is 38.5 Å². The Labute approximate surface area is 124 Å². The second-order valence-corrected chi connectivity index (χ2v) is 6.14. The van der Waals surface area contributed by atoms with Crippen molar-refractivity contribution in [3.8, 4) is 0 Å². The molecule has 6 heteroatoms. The number of rotatable bonds is 4. The van der Waals surface area contributed by atoms with E-state index >= 15 is 0 Å². The van der Waals surface area contributed by atoms with E-state index in [0.717, 1.165) is 12.8 Å². The van der Waals surface area contributed by atoms with E-state index in [0.29, 0.717) is 13.1 Å². The van der Waals surface area contributed by atoms with Crippen molar-refractivity contribution < 1.29 is 9.53 Å². The molecule has 0 aromatic carbocycles. The highest BCUT2D eigenvalue weighted by atomic mass is 35.5. The van der Waals surface area contributed by atoms with E-state index in [1.807, 2.05) is 7.05 Å². The molecule has 19 heavy (non-hydrogen) atoms. The molecule has 1 aliphatic rings. The number of aryl methyl sites for hydroxylation is 1. The van der Waals surface area contributed by atoms with Crippen LogP contribution in [0.25, 0.3) is 0 Å². The van der Waals surface area contributed by atoms with Crippen molar-refractivity contribution in [1.82, 2.24) is 4.90 Å². The van der Waals surface area contributed by atoms with Crippen LogP contribution in [0, 0.1) is 6.92 Å². The van der Waals surface area contributed by atoms with Crippen molar-refractivity contribution in [3.63, 3.8) is 0 Å². The quantitative estimate of drug-likeness (QED) is 0.925. The monoisotopic (exact) mass is 304 g/mol. The van der Waals surface area contributed by atoms with Gasteiger partial charge in [0, 0.05) is 23.3 Å². The molecule has 2 atom stereocenters. The van der Waals surface area contributed by atoms with Crippen molar-refractivity contribution in [3.05, 3.63) is 21.9 Å². The number of hydrogen-bond acceptors (Lipinski definition) is 4. The maximum atomic E-state index is 12.2. The van der Waals surface area contributed by atoms with E-state index in [-0.39, 0.29) is 30.5 Å². The lowest BCUT2D eigenvalue weighted by Crippen LogP contribution is -2.36. The lowest BCUT2D eigenvalue weighted by molar-refractivity contribution is -0.141. The molecule has 0 saturated carbocycles. The van der Waals surface area contributed by atoms with Crippen LogP contribution in [-0.2, 0) is 16.1 Å². The average molecular weight is 305 g/mol. The van der Waals surface area contributed by atoms with Gasteiger partial charge in [-0.25, -0.2) is 0 Å². The molecule has 2 N–H and O–H groups in total. The maximum absolute atomic E-state index is 12.2. The summed E-state index contributed by atoms with van der Waals surface area (Å²) in [5.41, 5.74) is 5.55. The molecule has 1 aromatic rings. The van der Waals surface area contributed by atoms with Gasteiger partial charge in [-0.15, -0.1) is 23.7 Å². The van der Waals surface area contributed by atoms with Crippen LogP contribution >= 0.6 is 23.7 Å². The first-order chi connectivity index (χ1) is 8.60. The van der Waals surface area contributed by atoms with Gasteiger partial charge in [0.2, 0.25) is 0 Å². The third-order valence-electron chi connectivity index (χ3n) is 3.21. The fourth-order valence-corrected chi connectivity index (χ4v) is 3.13. The minimum Gasteiger partial charge on any atom is -0.364 e. The number of nitrogens with two attached hydrogens (primary N) is 1. The van der Waals surface area contributed by atoms with Gasteiger partial charge < -0.3 is 15.4 Å². The number of carbonyl (C=O) groups is 1. The van der Waals surface area contributed by atoms with Gasteiger partial charge in [0.05, 0.1) is 12.6 Å². The van der Waals surface area contributed by atoms with Crippen molar-refractivity contribution in [2.75, 3.05) is 13.6 Å². The Bertz CT molecular complexity index is 425. The van der Waals surface area contributed by atoms with E-state index in [1.54, 1.807) is 16.2 Å². The molecule has 108 valence electrons. The highest BCUT2D eigenvalue weighted by Gasteiger charge is 2.31. The largest absolute Gasteiger partial charge is 0.364 e. The minimum absolute atomic E-state index is 0. The lowest BCUT2D eigenvalue weighted by atomic mass is 10.2. The van der Waals surface area contributed by atoms with E-state index in [4.69, 9.17) is 10.5 Å². The standard InChI is InChI=1S/C13H20N2O2S.ClH/c1-9-3-5-11(18-9)8-15(2)13(16)12-6-4-10(7-14)17-12;/h3,5,10,12H,4,6-8,14H2,1-2H3;1H/t10-,12+;/m1./s1. The Morgan fingerprint density at radius 1 is 1.53 bits per heavy atom. The molecule has 0 bridgehead atoms. The van der Waals surface area contributed by atoms with Gasteiger partial charge in [0.25, 0.3) is 5.91 Å². The van der Waals surface area contributed by atoms with Gasteiger partial charge in [-0.2, -0.15) is 0 Å². The summed E-state index contributed by atoms with van der Waals surface area (Å²) in [5.74, 6) is 0.0667. The summed E-state index contributed by atoms with van der Waals surface area (Å²) in [5, 5.41) is 0. The van der Waals surface area contributed by atoms with Crippen LogP contribution in [0.4, 0.5) is 0 Å². The number of thiophene rings is 1. The average Bonchev–Trinajstić information content (AvgIpc) is 2.97. The van der Waals surface area contributed by atoms with Gasteiger partial charge in [-0.3, -0.25) is 4.79 Å². The molecule has 2 heterocycles. The number of nitrogens with zero attached hydrogens (tertiary/aromatic N) is 1. The molecule has 4 nitrogen and oxygen atoms in total. The molecule has 1 amide bonds. The fraction of sp³-hybridized carbons (Fsp3) is 0.615. The first-order valence-corrected chi connectivity index (χ1v) is 7.07. The molecule has 0 aliphatic carbocycles. The van der Waals surface area contributed by atoms with E-state index in [2.05, 4.69) is 19.1 Å². The van der Waals surface area contributed by atoms with Crippen LogP contribution in [0.1, 0.15) is 22.6 Å². The molecule has 1 aliphatic heterocycles. The number of hydrogen-bond donors (Lipinski definition) is 1. The Kier molecular flexibility index (Phi) is 6.26. The van der Waals surface area contributed by atoms with E-state index in [1.165, 1.54) is 9.75 Å². The summed E-state index contributed by atoms with van der Waals surface area (Å²) in [6.07, 6.45) is 1.42. The number of amides is 1. The smallest absolute Gasteiger partial charge is 0.251 e. The summed E-state index contributed by atoms with van der Waals surface area (Å²) in [4.78, 5) is 16.4. The first-order valence-electron chi connectivity index (χ1n) is 6.26. The molecular weight excluding hydrogens is 284 g/mol. The lowest BCUT2D eigenvalue weighted by Gasteiger charge is -2.20. The molecule has 2 rings (SSSR count). The summed E-state index contributed by atoms with van der Waals surface area (Å²) >= 11 is 1.73. The minimum atomic E-state index is -0.301. The zero-order valence-electron chi connectivity index (χ0n) is 11.3. The van der Waals surface area contributed by atoms with Gasteiger partial charge >= 0.3 is 0 Å². The Balaban J connectivity index is 0.00000180. The second kappa shape index (κ2) is 7.24. The van der Waals surface area contributed by atoms with Crippen LogP contribution in [0.5, 0.6) is 0 Å². The van der Waals surface area contributed by atoms with Crippen molar-refractivity contribution in [1.29, 1.82) is 0 Å². The zero-order valence-corrected chi connectivity index (χ0v) is 12.9. The SMILES string of the molecule is Cc1ccc(CN(C)C(=O)[C@@H]2CC[C@H](CN)O2)s1.Cl. The molecule has 0 spiro atoms. The fourth-order valence-electron chi connectivity index (χ4n) is 2.19. The Hall–Kier alpha value is -0.620. The Morgan fingerprint density at radius 2 is 2.26 bits per heavy atom. The number of carbonyl (C=O) groups excluding carboxylic acids is 1. The Morgan fingerprint density at radius 3 is 2.79 bits per heavy atom. The van der Waals surface area contributed by atoms with Crippen molar-refractivity contribution >= 4 is 29.7 Å². The van der Waals surface area contributed by atoms with Crippen LogP contribution in [0.15, 0.2) is 12.1 Å². The molecule has 1 aromatic heterocycles. The van der Waals surface area contributed by atoms with Crippen LogP contribution in [-0.4, -0.2) is 36.6 Å². The zero-order chi connectivity index (χ0) is 13.1. The van der Waals surface area contributed by atoms with Gasteiger partial charge in [-0.1, -0.05) is 0 Å². The number of halogens is 1. The van der Waals surface area contributed by atoms with E-state index in [9.17, 15) is 4.79 Å². The normalized spacial score (nSPS) is 22.1. The summed E-state index contributed by atoms with van der Waals surface area (Å²) < 4.78 is 5.62. The van der Waals surface area contributed by atoms with E-state index < -0.39 is 0 Å². The summed E-state index contributed by atoms with van der Waals surface area (Å²) in [6, 6.07) is 4.15. The molecule has 0 unspecified atom stereocenters. The molecule has 0 radical (unpaired) electrons. The van der Waals surface area contributed by atoms with Crippen LogP contribution in [0.2, 0.25) is 0 Å². The van der Waals surface area contributed by atoms with Crippen molar-refractivity contribution in [2.24, 2.45) is 5.73 Å². The molecule has 1 saturated heterocycles. The third kappa shape index (κ3) is 4.18.